The normalized spacial score (nSPS) is 55.6. The third-order valence-corrected chi connectivity index (χ3v) is 11.8. The van der Waals surface area contributed by atoms with Gasteiger partial charge in [-0.2, -0.15) is 0 Å². The molecule has 13 atom stereocenters. The molecule has 5 fully saturated rings. The van der Waals surface area contributed by atoms with E-state index in [1.807, 2.05) is 6.92 Å². The average Bonchev–Trinajstić information content (AvgIpc) is 3.37. The maximum absolute atomic E-state index is 12.4. The van der Waals surface area contributed by atoms with Crippen molar-refractivity contribution in [2.45, 2.75) is 121 Å². The van der Waals surface area contributed by atoms with Crippen molar-refractivity contribution in [2.24, 2.45) is 34.5 Å². The fourth-order valence-electron chi connectivity index (χ4n) is 9.93. The number of aliphatic hydroxyl groups excluding tert-OH is 3. The molecule has 6 rings (SSSR count). The summed E-state index contributed by atoms with van der Waals surface area (Å²) in [5.74, 6) is 0.124. The maximum atomic E-state index is 12.4. The van der Waals surface area contributed by atoms with Crippen LogP contribution in [0.4, 0.5) is 0 Å². The van der Waals surface area contributed by atoms with Crippen LogP contribution < -0.4 is 0 Å². The second kappa shape index (κ2) is 9.00. The minimum Gasteiger partial charge on any atom is -0.458 e. The van der Waals surface area contributed by atoms with Crippen LogP contribution in [0, 0.1) is 34.5 Å². The summed E-state index contributed by atoms with van der Waals surface area (Å²) >= 11 is 0. The minimum atomic E-state index is -1.04. The van der Waals surface area contributed by atoms with E-state index in [-0.39, 0.29) is 41.3 Å². The fourth-order valence-corrected chi connectivity index (χ4v) is 9.93. The molecule has 0 aromatic rings. The van der Waals surface area contributed by atoms with E-state index in [1.165, 1.54) is 0 Å². The molecule has 4 saturated carbocycles. The van der Waals surface area contributed by atoms with Crippen molar-refractivity contribution in [3.05, 3.63) is 11.6 Å². The second-order valence-corrected chi connectivity index (χ2v) is 13.6. The number of fused-ring (bicyclic) bond motifs is 5. The first-order valence-electron chi connectivity index (χ1n) is 14.4. The zero-order valence-electron chi connectivity index (χ0n) is 22.3. The van der Waals surface area contributed by atoms with Gasteiger partial charge in [-0.1, -0.05) is 13.8 Å². The molecular weight excluding hydrogens is 476 g/mol. The summed E-state index contributed by atoms with van der Waals surface area (Å²) in [4.78, 5) is 11.8. The van der Waals surface area contributed by atoms with Crippen LogP contribution in [-0.4, -0.2) is 75.4 Å². The van der Waals surface area contributed by atoms with Crippen molar-refractivity contribution in [3.63, 3.8) is 0 Å². The number of aliphatic hydroxyl groups is 4. The van der Waals surface area contributed by atoms with Crippen LogP contribution in [0.25, 0.3) is 0 Å². The first-order valence-corrected chi connectivity index (χ1v) is 14.4. The van der Waals surface area contributed by atoms with Crippen molar-refractivity contribution < 1.29 is 39.4 Å². The highest BCUT2D eigenvalue weighted by Gasteiger charge is 2.70. The molecule has 1 saturated heterocycles. The lowest BCUT2D eigenvalue weighted by Crippen LogP contribution is -2.66. The van der Waals surface area contributed by atoms with Crippen LogP contribution in [0.1, 0.15) is 78.6 Å². The lowest BCUT2D eigenvalue weighted by molar-refractivity contribution is -0.290. The van der Waals surface area contributed by atoms with Crippen LogP contribution in [0.15, 0.2) is 11.6 Å². The third kappa shape index (κ3) is 3.88. The number of ether oxygens (including phenoxy) is 3. The molecule has 37 heavy (non-hydrogen) atoms. The molecule has 4 aliphatic carbocycles. The van der Waals surface area contributed by atoms with Gasteiger partial charge in [0, 0.05) is 17.9 Å². The van der Waals surface area contributed by atoms with Crippen LogP contribution in [0.2, 0.25) is 0 Å². The predicted octanol–water partition coefficient (Wildman–Crippen LogP) is 2.46. The van der Waals surface area contributed by atoms with Crippen molar-refractivity contribution >= 4 is 5.97 Å². The van der Waals surface area contributed by atoms with Crippen molar-refractivity contribution in [1.29, 1.82) is 0 Å². The zero-order chi connectivity index (χ0) is 26.3. The molecule has 208 valence electrons. The quantitative estimate of drug-likeness (QED) is 0.330. The summed E-state index contributed by atoms with van der Waals surface area (Å²) in [7, 11) is 0. The fraction of sp³-hybridized carbons (Fsp3) is 0.897. The van der Waals surface area contributed by atoms with Gasteiger partial charge >= 0.3 is 5.97 Å². The monoisotopic (exact) mass is 520 g/mol. The smallest absolute Gasteiger partial charge is 0.331 e. The summed E-state index contributed by atoms with van der Waals surface area (Å²) in [6, 6.07) is 0. The Morgan fingerprint density at radius 3 is 2.54 bits per heavy atom. The van der Waals surface area contributed by atoms with Crippen molar-refractivity contribution in [2.75, 3.05) is 6.61 Å². The number of esters is 1. The molecule has 4 N–H and O–H groups in total. The summed E-state index contributed by atoms with van der Waals surface area (Å²) in [6.07, 6.45) is 4.92. The van der Waals surface area contributed by atoms with Gasteiger partial charge in [0.2, 0.25) is 0 Å². The van der Waals surface area contributed by atoms with Crippen LogP contribution in [-0.2, 0) is 19.0 Å². The first kappa shape index (κ1) is 26.2. The molecule has 13 unspecified atom stereocenters. The SMILES string of the molecule is CC1CC(O)C(O)C(OC2CCC3(C)C(CCC4C3C(O)CC3(C)C(C5=CC(=O)OC5)CCC43O)C2)O1. The Morgan fingerprint density at radius 2 is 1.81 bits per heavy atom. The number of rotatable bonds is 3. The minimum absolute atomic E-state index is 0.0119. The van der Waals surface area contributed by atoms with E-state index >= 15 is 0 Å². The van der Waals surface area contributed by atoms with E-state index in [1.54, 1.807) is 6.08 Å². The Balaban J connectivity index is 1.20. The van der Waals surface area contributed by atoms with Gasteiger partial charge in [-0.3, -0.25) is 0 Å². The number of cyclic esters (lactones) is 1. The molecule has 0 aromatic heterocycles. The number of carbonyl (C=O) groups excluding carboxylic acids is 1. The van der Waals surface area contributed by atoms with Crippen molar-refractivity contribution in [1.82, 2.24) is 0 Å². The van der Waals surface area contributed by atoms with Crippen LogP contribution in [0.3, 0.4) is 0 Å². The highest BCUT2D eigenvalue weighted by atomic mass is 16.7. The Hall–Kier alpha value is -1.03. The molecule has 8 heteroatoms. The molecule has 0 radical (unpaired) electrons. The van der Waals surface area contributed by atoms with Gasteiger partial charge in [0.05, 0.1) is 30.0 Å². The van der Waals surface area contributed by atoms with E-state index < -0.39 is 35.6 Å². The molecule has 0 bridgehead atoms. The van der Waals surface area contributed by atoms with E-state index in [0.29, 0.717) is 31.8 Å². The largest absolute Gasteiger partial charge is 0.458 e. The summed E-state index contributed by atoms with van der Waals surface area (Å²) in [6.45, 7) is 6.61. The van der Waals surface area contributed by atoms with E-state index in [4.69, 9.17) is 14.2 Å². The van der Waals surface area contributed by atoms with Gasteiger partial charge in [-0.15, -0.1) is 0 Å². The van der Waals surface area contributed by atoms with Gasteiger partial charge in [0.15, 0.2) is 6.29 Å². The Bertz CT molecular complexity index is 952. The predicted molar refractivity (Wildman–Crippen MR) is 133 cm³/mol. The number of carbonyl (C=O) groups is 1. The molecule has 0 spiro atoms. The lowest BCUT2D eigenvalue weighted by atomic mass is 9.42. The summed E-state index contributed by atoms with van der Waals surface area (Å²) < 4.78 is 17.3. The molecule has 2 aliphatic heterocycles. The highest BCUT2D eigenvalue weighted by Crippen LogP contribution is 2.70. The van der Waals surface area contributed by atoms with E-state index in [9.17, 15) is 25.2 Å². The molecule has 0 aromatic carbocycles. The molecule has 2 heterocycles. The number of hydrogen-bond acceptors (Lipinski definition) is 8. The average molecular weight is 521 g/mol. The highest BCUT2D eigenvalue weighted by molar-refractivity contribution is 5.85. The van der Waals surface area contributed by atoms with Gasteiger partial charge < -0.3 is 34.6 Å². The maximum Gasteiger partial charge on any atom is 0.331 e. The topological polar surface area (TPSA) is 126 Å². The lowest BCUT2D eigenvalue weighted by Gasteiger charge is -2.65. The van der Waals surface area contributed by atoms with Crippen molar-refractivity contribution in [3.8, 4) is 0 Å². The van der Waals surface area contributed by atoms with E-state index in [0.717, 1.165) is 44.1 Å². The molecule has 0 amide bonds. The zero-order valence-corrected chi connectivity index (χ0v) is 22.3. The molecule has 8 nitrogen and oxygen atoms in total. The van der Waals surface area contributed by atoms with Gasteiger partial charge in [0.1, 0.15) is 12.7 Å². The van der Waals surface area contributed by atoms with Gasteiger partial charge in [-0.25, -0.2) is 4.79 Å². The van der Waals surface area contributed by atoms with Crippen LogP contribution >= 0.6 is 0 Å². The van der Waals surface area contributed by atoms with E-state index in [2.05, 4.69) is 13.8 Å². The second-order valence-electron chi connectivity index (χ2n) is 13.6. The third-order valence-electron chi connectivity index (χ3n) is 11.8. The Labute approximate surface area is 219 Å². The number of hydrogen-bond donors (Lipinski definition) is 4. The Kier molecular flexibility index (Phi) is 6.37. The first-order chi connectivity index (χ1) is 17.5. The molecular formula is C29H44O8. The van der Waals surface area contributed by atoms with Crippen LogP contribution in [0.5, 0.6) is 0 Å². The standard InChI is InChI=1S/C29H44O8/c1-15-10-21(30)25(33)26(36-15)37-18-6-8-27(2)17(12-18)4-5-20-24(27)22(31)13-28(3)19(7-9-29(20,28)34)16-11-23(32)35-14-16/h11,15,17-22,24-26,30-31,33-34H,4-10,12-14H2,1-3H3. The Morgan fingerprint density at radius 1 is 1.03 bits per heavy atom. The van der Waals surface area contributed by atoms with Gasteiger partial charge in [0.25, 0.3) is 0 Å². The summed E-state index contributed by atoms with van der Waals surface area (Å²) in [5.41, 5.74) is -0.495. The summed E-state index contributed by atoms with van der Waals surface area (Å²) in [5, 5.41) is 44.7. The van der Waals surface area contributed by atoms with Gasteiger partial charge in [-0.05, 0) is 93.0 Å². The molecule has 6 aliphatic rings.